The van der Waals surface area contributed by atoms with Crippen LogP contribution in [-0.2, 0) is 6.42 Å². The van der Waals surface area contributed by atoms with Crippen molar-refractivity contribution >= 4 is 11.3 Å². The number of benzene rings is 2. The summed E-state index contributed by atoms with van der Waals surface area (Å²) in [6.07, 6.45) is 0.859. The minimum atomic E-state index is 0.859. The van der Waals surface area contributed by atoms with Gasteiger partial charge in [-0.1, -0.05) is 48.5 Å². The summed E-state index contributed by atoms with van der Waals surface area (Å²) in [4.78, 5) is 0. The Balaban J connectivity index is 1.82. The van der Waals surface area contributed by atoms with Gasteiger partial charge in [0.05, 0.1) is 12.0 Å². The molecule has 0 aliphatic heterocycles. The first-order valence-corrected chi connectivity index (χ1v) is 6.79. The van der Waals surface area contributed by atoms with Gasteiger partial charge >= 0.3 is 10.8 Å². The lowest BCUT2D eigenvalue weighted by molar-refractivity contribution is 0.544. The summed E-state index contributed by atoms with van der Waals surface area (Å²) in [5.74, 6) is 0.950. The van der Waals surface area contributed by atoms with E-state index in [1.165, 1.54) is 5.56 Å². The molecular formula is C16H13OS+. The van der Waals surface area contributed by atoms with Gasteiger partial charge in [0, 0.05) is 0 Å². The Kier molecular flexibility index (Phi) is 3.20. The second-order valence-corrected chi connectivity index (χ2v) is 5.03. The first-order valence-electron chi connectivity index (χ1n) is 5.92. The van der Waals surface area contributed by atoms with Crippen LogP contribution in [0.1, 0.15) is 10.6 Å². The molecule has 18 heavy (non-hydrogen) atoms. The monoisotopic (exact) mass is 253 g/mol. The van der Waals surface area contributed by atoms with Gasteiger partial charge in [-0.05, 0) is 29.0 Å². The average molecular weight is 253 g/mol. The molecule has 0 bridgehead atoms. The van der Waals surface area contributed by atoms with Crippen molar-refractivity contribution in [3.8, 4) is 11.3 Å². The van der Waals surface area contributed by atoms with E-state index in [4.69, 9.17) is 4.42 Å². The minimum absolute atomic E-state index is 0.859. The fourth-order valence-electron chi connectivity index (χ4n) is 1.86. The van der Waals surface area contributed by atoms with Crippen LogP contribution in [0.2, 0.25) is 0 Å². The van der Waals surface area contributed by atoms with E-state index in [0.717, 1.165) is 22.8 Å². The molecule has 1 aromatic heterocycles. The molecule has 0 fully saturated rings. The summed E-state index contributed by atoms with van der Waals surface area (Å²) in [6, 6.07) is 20.6. The van der Waals surface area contributed by atoms with Crippen LogP contribution in [0.3, 0.4) is 0 Å². The molecule has 0 amide bonds. The predicted octanol–water partition coefficient (Wildman–Crippen LogP) is 4.88. The fourth-order valence-corrected chi connectivity index (χ4v) is 2.67. The maximum Gasteiger partial charge on any atom is 0.390 e. The molecule has 0 aliphatic carbocycles. The Labute approximate surface area is 110 Å². The van der Waals surface area contributed by atoms with Gasteiger partial charge in [-0.3, -0.25) is 0 Å². The largest absolute Gasteiger partial charge is 0.390 e. The third-order valence-electron chi connectivity index (χ3n) is 2.77. The van der Waals surface area contributed by atoms with Crippen LogP contribution in [0.15, 0.2) is 70.5 Å². The third-order valence-corrected chi connectivity index (χ3v) is 3.59. The lowest BCUT2D eigenvalue weighted by Crippen LogP contribution is -1.82. The van der Waals surface area contributed by atoms with E-state index in [2.05, 4.69) is 41.8 Å². The molecule has 0 radical (unpaired) electrons. The van der Waals surface area contributed by atoms with E-state index in [9.17, 15) is 0 Å². The smallest absolute Gasteiger partial charge is 0.199 e. The highest BCUT2D eigenvalue weighted by molar-refractivity contribution is 7.09. The lowest BCUT2D eigenvalue weighted by Gasteiger charge is -1.90. The lowest BCUT2D eigenvalue weighted by atomic mass is 10.2. The van der Waals surface area contributed by atoms with Gasteiger partial charge in [-0.25, -0.2) is 0 Å². The average Bonchev–Trinajstić information content (AvgIpc) is 2.89. The summed E-state index contributed by atoms with van der Waals surface area (Å²) in [5, 5.41) is 3.12. The topological polar surface area (TPSA) is 11.3 Å². The standard InChI is InChI=1S/C16H13OS/c1-3-7-13(8-4-1)11-16-17-15(12-18-16)14-9-5-2-6-10-14/h1-10,12H,11H2/q+1. The number of hydrogen-bond acceptors (Lipinski definition) is 1. The zero-order valence-corrected chi connectivity index (χ0v) is 10.7. The molecule has 0 saturated carbocycles. The van der Waals surface area contributed by atoms with Gasteiger partial charge in [0.2, 0.25) is 0 Å². The highest BCUT2D eigenvalue weighted by Crippen LogP contribution is 2.26. The Morgan fingerprint density at radius 3 is 2.22 bits per heavy atom. The SMILES string of the molecule is c1ccc(Cc2[o+]c(-c3ccccc3)cs2)cc1. The van der Waals surface area contributed by atoms with E-state index in [1.54, 1.807) is 11.3 Å². The van der Waals surface area contributed by atoms with Crippen molar-refractivity contribution in [2.75, 3.05) is 0 Å². The molecule has 0 N–H and O–H groups in total. The van der Waals surface area contributed by atoms with Gasteiger partial charge in [0.15, 0.2) is 0 Å². The molecule has 3 rings (SSSR count). The van der Waals surface area contributed by atoms with Crippen LogP contribution >= 0.6 is 11.3 Å². The molecule has 0 aliphatic rings. The highest BCUT2D eigenvalue weighted by Gasteiger charge is 2.18. The normalized spacial score (nSPS) is 10.4. The first-order chi connectivity index (χ1) is 8.92. The molecule has 2 heteroatoms. The Hall–Kier alpha value is -1.93. The first kappa shape index (κ1) is 11.2. The van der Waals surface area contributed by atoms with Crippen LogP contribution in [0.4, 0.5) is 0 Å². The second kappa shape index (κ2) is 5.15. The van der Waals surface area contributed by atoms with Crippen molar-refractivity contribution in [1.29, 1.82) is 0 Å². The summed E-state index contributed by atoms with van der Waals surface area (Å²) in [7, 11) is 0. The molecule has 0 spiro atoms. The molecule has 1 nitrogen and oxygen atoms in total. The zero-order valence-electron chi connectivity index (χ0n) is 9.87. The van der Waals surface area contributed by atoms with Crippen molar-refractivity contribution in [2.24, 2.45) is 0 Å². The van der Waals surface area contributed by atoms with Crippen molar-refractivity contribution in [2.45, 2.75) is 6.42 Å². The molecule has 0 unspecified atom stereocenters. The van der Waals surface area contributed by atoms with Crippen LogP contribution < -0.4 is 0 Å². The fraction of sp³-hybridized carbons (Fsp3) is 0.0625. The third kappa shape index (κ3) is 2.49. The number of rotatable bonds is 3. The van der Waals surface area contributed by atoms with Crippen LogP contribution in [0, 0.1) is 0 Å². The summed E-state index contributed by atoms with van der Waals surface area (Å²) < 4.78 is 5.89. The molecule has 3 aromatic rings. The van der Waals surface area contributed by atoms with Gasteiger partial charge < -0.3 is 0 Å². The quantitative estimate of drug-likeness (QED) is 0.605. The van der Waals surface area contributed by atoms with Crippen molar-refractivity contribution < 1.29 is 4.42 Å². The Morgan fingerprint density at radius 1 is 0.833 bits per heavy atom. The molecule has 0 saturated heterocycles. The maximum atomic E-state index is 5.89. The van der Waals surface area contributed by atoms with Crippen molar-refractivity contribution in [3.05, 3.63) is 76.7 Å². The van der Waals surface area contributed by atoms with Crippen LogP contribution in [-0.4, -0.2) is 0 Å². The number of hydrogen-bond donors (Lipinski definition) is 0. The molecule has 1 heterocycles. The van der Waals surface area contributed by atoms with E-state index < -0.39 is 0 Å². The maximum absolute atomic E-state index is 5.89. The Morgan fingerprint density at radius 2 is 1.50 bits per heavy atom. The van der Waals surface area contributed by atoms with Crippen molar-refractivity contribution in [3.63, 3.8) is 0 Å². The van der Waals surface area contributed by atoms with Gasteiger partial charge in [-0.15, -0.1) is 0 Å². The van der Waals surface area contributed by atoms with Crippen molar-refractivity contribution in [1.82, 2.24) is 0 Å². The van der Waals surface area contributed by atoms with E-state index >= 15 is 0 Å². The van der Waals surface area contributed by atoms with E-state index in [0.29, 0.717) is 0 Å². The molecular weight excluding hydrogens is 240 g/mol. The summed E-state index contributed by atoms with van der Waals surface area (Å²) >= 11 is 1.67. The zero-order chi connectivity index (χ0) is 12.2. The second-order valence-electron chi connectivity index (χ2n) is 4.10. The van der Waals surface area contributed by atoms with Crippen LogP contribution in [0.25, 0.3) is 11.3 Å². The van der Waals surface area contributed by atoms with Gasteiger partial charge in [0.25, 0.3) is 0 Å². The van der Waals surface area contributed by atoms with Gasteiger partial charge in [0.1, 0.15) is 5.38 Å². The molecule has 2 aromatic carbocycles. The highest BCUT2D eigenvalue weighted by atomic mass is 32.1. The minimum Gasteiger partial charge on any atom is -0.199 e. The molecule has 88 valence electrons. The van der Waals surface area contributed by atoms with Gasteiger partial charge in [-0.2, -0.15) is 4.42 Å². The predicted molar refractivity (Wildman–Crippen MR) is 75.7 cm³/mol. The van der Waals surface area contributed by atoms with Crippen LogP contribution in [0.5, 0.6) is 0 Å². The van der Waals surface area contributed by atoms with E-state index in [1.807, 2.05) is 24.3 Å². The summed E-state index contributed by atoms with van der Waals surface area (Å²) in [6.45, 7) is 0. The van der Waals surface area contributed by atoms with E-state index in [-0.39, 0.29) is 0 Å². The summed E-state index contributed by atoms with van der Waals surface area (Å²) in [5.41, 5.74) is 2.41. The Bertz CT molecular complexity index is 614. The molecule has 0 atom stereocenters.